The van der Waals surface area contributed by atoms with Crippen molar-refractivity contribution < 1.29 is 19.5 Å². The number of fused-ring (bicyclic) bond motifs is 4. The van der Waals surface area contributed by atoms with Gasteiger partial charge in [-0.05, 0) is 84.7 Å². The fourth-order valence-corrected chi connectivity index (χ4v) is 5.15. The second kappa shape index (κ2) is 11.2. The molecular formula is C30H33N5O4. The third-order valence-electron chi connectivity index (χ3n) is 7.51. The molecule has 202 valence electrons. The number of nitrogens with two attached hydrogens (primary N) is 1. The summed E-state index contributed by atoms with van der Waals surface area (Å²) in [4.78, 5) is 42.2. The molecule has 1 fully saturated rings. The molecule has 3 aromatic rings. The van der Waals surface area contributed by atoms with Crippen LogP contribution in [0.2, 0.25) is 0 Å². The Balaban J connectivity index is 1.48. The van der Waals surface area contributed by atoms with Crippen molar-refractivity contribution in [1.82, 2.24) is 10.3 Å². The van der Waals surface area contributed by atoms with Crippen LogP contribution in [0.15, 0.2) is 54.7 Å². The number of carboxylic acid groups (broad SMARTS) is 1. The summed E-state index contributed by atoms with van der Waals surface area (Å²) in [6.45, 7) is 2.32. The standard InChI is InChI=1S/C30H33N5O4/c1-17-3-2-4-25(34-29(37)20-7-8-21(16-31)24(13-20)18-5-6-18)27-14-19(11-12-32-27)23-10-9-22(33-30(38)39)15-26(23)35-28(17)36/h7-15,17-18,25,33H,2-6,16,31H2,1H3,(H,34,37)(H,35,36)(H,38,39)/t17-,25-/m0/s1. The fourth-order valence-electron chi connectivity index (χ4n) is 5.15. The number of nitrogens with one attached hydrogen (secondary N) is 3. The van der Waals surface area contributed by atoms with Crippen LogP contribution in [0.4, 0.5) is 16.2 Å². The van der Waals surface area contributed by atoms with E-state index in [0.29, 0.717) is 48.7 Å². The highest BCUT2D eigenvalue weighted by Gasteiger charge is 2.27. The lowest BCUT2D eigenvalue weighted by Crippen LogP contribution is -2.30. The van der Waals surface area contributed by atoms with Crippen LogP contribution < -0.4 is 21.7 Å². The summed E-state index contributed by atoms with van der Waals surface area (Å²) in [7, 11) is 0. The predicted molar refractivity (Wildman–Crippen MR) is 149 cm³/mol. The van der Waals surface area contributed by atoms with Gasteiger partial charge in [0.2, 0.25) is 5.91 Å². The molecule has 39 heavy (non-hydrogen) atoms. The van der Waals surface area contributed by atoms with Gasteiger partial charge in [0.25, 0.3) is 5.91 Å². The van der Waals surface area contributed by atoms with Gasteiger partial charge in [-0.25, -0.2) is 4.79 Å². The van der Waals surface area contributed by atoms with Crippen molar-refractivity contribution in [3.63, 3.8) is 0 Å². The largest absolute Gasteiger partial charge is 0.465 e. The molecular weight excluding hydrogens is 494 g/mol. The number of carbonyl (C=O) groups is 3. The second-order valence-electron chi connectivity index (χ2n) is 10.4. The number of nitrogens with zero attached hydrogens (tertiary/aromatic N) is 1. The zero-order valence-corrected chi connectivity index (χ0v) is 21.9. The molecule has 2 bridgehead atoms. The van der Waals surface area contributed by atoms with E-state index in [4.69, 9.17) is 10.8 Å². The third-order valence-corrected chi connectivity index (χ3v) is 7.51. The van der Waals surface area contributed by atoms with Crippen molar-refractivity contribution in [2.45, 2.75) is 57.5 Å². The maximum Gasteiger partial charge on any atom is 0.409 e. The molecule has 9 heteroatoms. The Morgan fingerprint density at radius 2 is 1.90 bits per heavy atom. The van der Waals surface area contributed by atoms with E-state index < -0.39 is 6.09 Å². The normalized spacial score (nSPS) is 19.1. The lowest BCUT2D eigenvalue weighted by molar-refractivity contribution is -0.119. The van der Waals surface area contributed by atoms with Crippen LogP contribution in [0.1, 0.15) is 78.2 Å². The summed E-state index contributed by atoms with van der Waals surface area (Å²) < 4.78 is 0. The van der Waals surface area contributed by atoms with Gasteiger partial charge < -0.3 is 21.5 Å². The first kappa shape index (κ1) is 26.4. The highest BCUT2D eigenvalue weighted by atomic mass is 16.4. The monoisotopic (exact) mass is 527 g/mol. The molecule has 0 spiro atoms. The molecule has 1 aliphatic heterocycles. The zero-order valence-electron chi connectivity index (χ0n) is 21.9. The minimum absolute atomic E-state index is 0.147. The molecule has 1 aromatic heterocycles. The van der Waals surface area contributed by atoms with E-state index in [1.54, 1.807) is 24.4 Å². The minimum atomic E-state index is -1.19. The molecule has 1 saturated carbocycles. The predicted octanol–water partition coefficient (Wildman–Crippen LogP) is 5.40. The summed E-state index contributed by atoms with van der Waals surface area (Å²) in [6.07, 6.45) is 4.71. The number of pyridine rings is 1. The summed E-state index contributed by atoms with van der Waals surface area (Å²) >= 11 is 0. The number of anilines is 2. The summed E-state index contributed by atoms with van der Waals surface area (Å²) in [5, 5.41) is 17.6. The lowest BCUT2D eigenvalue weighted by Gasteiger charge is -2.22. The van der Waals surface area contributed by atoms with Crippen LogP contribution >= 0.6 is 0 Å². The van der Waals surface area contributed by atoms with Crippen LogP contribution in [0.25, 0.3) is 11.1 Å². The van der Waals surface area contributed by atoms with Crippen LogP contribution in [0.5, 0.6) is 0 Å². The van der Waals surface area contributed by atoms with E-state index in [1.165, 1.54) is 0 Å². The minimum Gasteiger partial charge on any atom is -0.465 e. The number of carbonyl (C=O) groups excluding carboxylic acids is 2. The Kier molecular flexibility index (Phi) is 7.60. The quantitative estimate of drug-likeness (QED) is 0.300. The van der Waals surface area contributed by atoms with Gasteiger partial charge in [-0.3, -0.25) is 19.9 Å². The third kappa shape index (κ3) is 6.09. The van der Waals surface area contributed by atoms with Gasteiger partial charge in [-0.1, -0.05) is 25.5 Å². The first-order valence-corrected chi connectivity index (χ1v) is 13.4. The molecule has 0 saturated heterocycles. The average Bonchev–Trinajstić information content (AvgIpc) is 3.77. The number of amides is 3. The number of hydrogen-bond donors (Lipinski definition) is 5. The molecule has 6 N–H and O–H groups in total. The summed E-state index contributed by atoms with van der Waals surface area (Å²) in [5.74, 6) is -0.108. The Bertz CT molecular complexity index is 1420. The Labute approximate surface area is 227 Å². The highest BCUT2D eigenvalue weighted by Crippen LogP contribution is 2.42. The number of benzene rings is 2. The van der Waals surface area contributed by atoms with Crippen molar-refractivity contribution in [1.29, 1.82) is 0 Å². The first-order valence-electron chi connectivity index (χ1n) is 13.4. The van der Waals surface area contributed by atoms with Gasteiger partial charge in [0.1, 0.15) is 0 Å². The molecule has 9 nitrogen and oxygen atoms in total. The van der Waals surface area contributed by atoms with E-state index in [9.17, 15) is 14.4 Å². The van der Waals surface area contributed by atoms with Crippen molar-refractivity contribution >= 4 is 29.3 Å². The smallest absolute Gasteiger partial charge is 0.409 e. The molecule has 2 heterocycles. The van der Waals surface area contributed by atoms with E-state index in [1.807, 2.05) is 37.3 Å². The van der Waals surface area contributed by atoms with Crippen molar-refractivity contribution in [3.8, 4) is 11.1 Å². The van der Waals surface area contributed by atoms with Gasteiger partial charge >= 0.3 is 6.09 Å². The van der Waals surface area contributed by atoms with Gasteiger partial charge in [0.15, 0.2) is 0 Å². The number of rotatable bonds is 5. The molecule has 0 radical (unpaired) electrons. The zero-order chi connectivity index (χ0) is 27.5. The van der Waals surface area contributed by atoms with Gasteiger partial charge in [-0.15, -0.1) is 0 Å². The molecule has 1 aliphatic carbocycles. The van der Waals surface area contributed by atoms with Gasteiger partial charge in [-0.2, -0.15) is 0 Å². The van der Waals surface area contributed by atoms with E-state index >= 15 is 0 Å². The molecule has 0 unspecified atom stereocenters. The Morgan fingerprint density at radius 1 is 1.08 bits per heavy atom. The molecule has 3 amide bonds. The van der Waals surface area contributed by atoms with Crippen molar-refractivity contribution in [3.05, 3.63) is 77.1 Å². The van der Waals surface area contributed by atoms with Gasteiger partial charge in [0.05, 0.1) is 17.4 Å². The van der Waals surface area contributed by atoms with E-state index in [2.05, 4.69) is 20.9 Å². The number of aromatic nitrogens is 1. The Hall–Kier alpha value is -4.24. The highest BCUT2D eigenvalue weighted by molar-refractivity contribution is 5.98. The first-order chi connectivity index (χ1) is 18.8. The van der Waals surface area contributed by atoms with Crippen molar-refractivity contribution in [2.75, 3.05) is 10.6 Å². The maximum atomic E-state index is 13.4. The SMILES string of the molecule is C[C@H]1CCC[C@H](NC(=O)c2ccc(CN)c(C3CC3)c2)c2cc(ccn2)-c2ccc(NC(=O)O)cc2NC1=O. The Morgan fingerprint density at radius 3 is 2.64 bits per heavy atom. The molecule has 2 atom stereocenters. The van der Waals surface area contributed by atoms with Gasteiger partial charge in [0, 0.05) is 35.5 Å². The van der Waals surface area contributed by atoms with Crippen LogP contribution in [0, 0.1) is 5.92 Å². The lowest BCUT2D eigenvalue weighted by atomic mass is 9.95. The second-order valence-corrected chi connectivity index (χ2v) is 10.4. The fraction of sp³-hybridized carbons (Fsp3) is 0.333. The summed E-state index contributed by atoms with van der Waals surface area (Å²) in [5.41, 5.74) is 11.9. The maximum absolute atomic E-state index is 13.4. The topological polar surface area (TPSA) is 146 Å². The molecule has 5 rings (SSSR count). The van der Waals surface area contributed by atoms with Crippen LogP contribution in [0.3, 0.4) is 0 Å². The van der Waals surface area contributed by atoms with Crippen LogP contribution in [-0.4, -0.2) is 28.0 Å². The van der Waals surface area contributed by atoms with Crippen LogP contribution in [-0.2, 0) is 11.3 Å². The van der Waals surface area contributed by atoms with E-state index in [0.717, 1.165) is 40.8 Å². The molecule has 2 aliphatic rings. The summed E-state index contributed by atoms with van der Waals surface area (Å²) in [6, 6.07) is 14.2. The van der Waals surface area contributed by atoms with Crippen molar-refractivity contribution in [2.24, 2.45) is 11.7 Å². The average molecular weight is 528 g/mol. The number of hydrogen-bond acceptors (Lipinski definition) is 5. The van der Waals surface area contributed by atoms with E-state index in [-0.39, 0.29) is 23.8 Å². The molecule has 2 aromatic carbocycles.